The van der Waals surface area contributed by atoms with E-state index in [0.29, 0.717) is 18.2 Å². The van der Waals surface area contributed by atoms with Gasteiger partial charge in [0.05, 0.1) is 17.4 Å². The highest BCUT2D eigenvalue weighted by Gasteiger charge is 2.17. The van der Waals surface area contributed by atoms with Gasteiger partial charge in [-0.05, 0) is 38.8 Å². The molecule has 5 nitrogen and oxygen atoms in total. The number of rotatable bonds is 6. The maximum absolute atomic E-state index is 12.1. The van der Waals surface area contributed by atoms with Crippen molar-refractivity contribution in [3.05, 3.63) is 24.0 Å². The van der Waals surface area contributed by atoms with Crippen LogP contribution in [0, 0.1) is 0 Å². The van der Waals surface area contributed by atoms with E-state index in [1.54, 1.807) is 25.5 Å². The summed E-state index contributed by atoms with van der Waals surface area (Å²) in [4.78, 5) is 18.7. The van der Waals surface area contributed by atoms with Gasteiger partial charge in [-0.3, -0.25) is 9.78 Å². The lowest BCUT2D eigenvalue weighted by molar-refractivity contribution is 0.0949. The van der Waals surface area contributed by atoms with E-state index in [9.17, 15) is 4.79 Å². The molecule has 0 aliphatic carbocycles. The molecule has 1 saturated heterocycles. The number of hydrogen-bond donors (Lipinski definition) is 2. The smallest absolute Gasteiger partial charge is 0.253 e. The Bertz CT molecular complexity index is 463. The number of pyridine rings is 1. The summed E-state index contributed by atoms with van der Waals surface area (Å²) in [5.74, 6) is -0.0338. The molecular formula is C16H26N4O. The number of hydrogen-bond acceptors (Lipinski definition) is 4. The lowest BCUT2D eigenvalue weighted by atomic mass is 10.0. The van der Waals surface area contributed by atoms with E-state index in [2.05, 4.69) is 27.4 Å². The monoisotopic (exact) mass is 290 g/mol. The van der Waals surface area contributed by atoms with Gasteiger partial charge in [-0.25, -0.2) is 0 Å². The van der Waals surface area contributed by atoms with Crippen LogP contribution in [0.25, 0.3) is 0 Å². The standard InChI is InChI=1S/C16H26N4O/c1-13-6-3-4-10-20(13)11-5-8-19-16(21)14-7-9-18-12-15(14)17-2/h7,9,12-13,17H,3-6,8,10-11H2,1-2H3,(H,19,21). The van der Waals surface area contributed by atoms with Crippen molar-refractivity contribution in [2.24, 2.45) is 0 Å². The molecule has 1 fully saturated rings. The molecule has 1 unspecified atom stereocenters. The van der Waals surface area contributed by atoms with Gasteiger partial charge in [0.25, 0.3) is 5.91 Å². The zero-order valence-electron chi connectivity index (χ0n) is 13.1. The fourth-order valence-electron chi connectivity index (χ4n) is 2.86. The van der Waals surface area contributed by atoms with Crippen molar-refractivity contribution in [3.63, 3.8) is 0 Å². The molecule has 0 aromatic carbocycles. The number of nitrogens with zero attached hydrogens (tertiary/aromatic N) is 2. The van der Waals surface area contributed by atoms with Gasteiger partial charge in [-0.1, -0.05) is 6.42 Å². The van der Waals surface area contributed by atoms with Crippen LogP contribution < -0.4 is 10.6 Å². The molecule has 1 aliphatic rings. The van der Waals surface area contributed by atoms with Crippen molar-refractivity contribution in [3.8, 4) is 0 Å². The zero-order valence-corrected chi connectivity index (χ0v) is 13.1. The van der Waals surface area contributed by atoms with Crippen LogP contribution in [0.15, 0.2) is 18.5 Å². The number of carbonyl (C=O) groups excluding carboxylic acids is 1. The second kappa shape index (κ2) is 7.98. The SMILES string of the molecule is CNc1cnccc1C(=O)NCCCN1CCCCC1C. The average molecular weight is 290 g/mol. The highest BCUT2D eigenvalue weighted by Crippen LogP contribution is 2.16. The second-order valence-electron chi connectivity index (χ2n) is 5.66. The molecule has 0 saturated carbocycles. The second-order valence-corrected chi connectivity index (χ2v) is 5.66. The Kier molecular flexibility index (Phi) is 5.99. The summed E-state index contributed by atoms with van der Waals surface area (Å²) in [5, 5.41) is 5.99. The predicted octanol–water partition coefficient (Wildman–Crippen LogP) is 2.12. The third-order valence-corrected chi connectivity index (χ3v) is 4.18. The number of likely N-dealkylation sites (tertiary alicyclic amines) is 1. The molecule has 0 bridgehead atoms. The number of carbonyl (C=O) groups is 1. The summed E-state index contributed by atoms with van der Waals surface area (Å²) >= 11 is 0. The van der Waals surface area contributed by atoms with Gasteiger partial charge in [-0.2, -0.15) is 0 Å². The van der Waals surface area contributed by atoms with Crippen LogP contribution in [-0.4, -0.2) is 48.5 Å². The van der Waals surface area contributed by atoms with E-state index in [4.69, 9.17) is 0 Å². The van der Waals surface area contributed by atoms with Crippen LogP contribution in [0.5, 0.6) is 0 Å². The highest BCUT2D eigenvalue weighted by atomic mass is 16.1. The molecule has 21 heavy (non-hydrogen) atoms. The fraction of sp³-hybridized carbons (Fsp3) is 0.625. The Morgan fingerprint density at radius 1 is 1.48 bits per heavy atom. The van der Waals surface area contributed by atoms with Crippen molar-refractivity contribution < 1.29 is 4.79 Å². The Morgan fingerprint density at radius 2 is 2.33 bits per heavy atom. The van der Waals surface area contributed by atoms with Crippen molar-refractivity contribution >= 4 is 11.6 Å². The van der Waals surface area contributed by atoms with Crippen LogP contribution in [0.2, 0.25) is 0 Å². The summed E-state index contributed by atoms with van der Waals surface area (Å²) in [7, 11) is 1.80. The molecule has 5 heteroatoms. The number of anilines is 1. The van der Waals surface area contributed by atoms with Crippen LogP contribution in [0.4, 0.5) is 5.69 Å². The van der Waals surface area contributed by atoms with E-state index in [1.807, 2.05) is 0 Å². The van der Waals surface area contributed by atoms with Gasteiger partial charge >= 0.3 is 0 Å². The number of aromatic nitrogens is 1. The molecular weight excluding hydrogens is 264 g/mol. The molecule has 0 spiro atoms. The van der Waals surface area contributed by atoms with E-state index in [1.165, 1.54) is 25.8 Å². The van der Waals surface area contributed by atoms with E-state index >= 15 is 0 Å². The first-order valence-corrected chi connectivity index (χ1v) is 7.86. The van der Waals surface area contributed by atoms with Crippen LogP contribution in [0.3, 0.4) is 0 Å². The minimum absolute atomic E-state index is 0.0338. The lowest BCUT2D eigenvalue weighted by Gasteiger charge is -2.33. The minimum atomic E-state index is -0.0338. The number of amides is 1. The van der Waals surface area contributed by atoms with Gasteiger partial charge < -0.3 is 15.5 Å². The van der Waals surface area contributed by atoms with Crippen LogP contribution >= 0.6 is 0 Å². The highest BCUT2D eigenvalue weighted by molar-refractivity contribution is 5.99. The molecule has 1 amide bonds. The molecule has 2 rings (SSSR count). The predicted molar refractivity (Wildman–Crippen MR) is 85.6 cm³/mol. The van der Waals surface area contributed by atoms with Gasteiger partial charge in [-0.15, -0.1) is 0 Å². The first-order valence-electron chi connectivity index (χ1n) is 7.86. The molecule has 1 aromatic rings. The van der Waals surface area contributed by atoms with Crippen LogP contribution in [-0.2, 0) is 0 Å². The Labute approximate surface area is 127 Å². The van der Waals surface area contributed by atoms with Crippen molar-refractivity contribution in [1.29, 1.82) is 0 Å². The summed E-state index contributed by atoms with van der Waals surface area (Å²) < 4.78 is 0. The first kappa shape index (κ1) is 15.8. The lowest BCUT2D eigenvalue weighted by Crippen LogP contribution is -2.39. The number of piperidine rings is 1. The van der Waals surface area contributed by atoms with Gasteiger partial charge in [0.1, 0.15) is 0 Å². The maximum atomic E-state index is 12.1. The molecule has 2 N–H and O–H groups in total. The van der Waals surface area contributed by atoms with Crippen molar-refractivity contribution in [2.75, 3.05) is 32.0 Å². The Morgan fingerprint density at radius 3 is 3.10 bits per heavy atom. The largest absolute Gasteiger partial charge is 0.386 e. The van der Waals surface area contributed by atoms with Crippen molar-refractivity contribution in [2.45, 2.75) is 38.6 Å². The maximum Gasteiger partial charge on any atom is 0.253 e. The molecule has 116 valence electrons. The Hall–Kier alpha value is -1.62. The van der Waals surface area contributed by atoms with Gasteiger partial charge in [0.2, 0.25) is 0 Å². The van der Waals surface area contributed by atoms with Crippen LogP contribution in [0.1, 0.15) is 43.0 Å². The minimum Gasteiger partial charge on any atom is -0.386 e. The van der Waals surface area contributed by atoms with E-state index in [-0.39, 0.29) is 5.91 Å². The normalized spacial score (nSPS) is 19.2. The molecule has 1 atom stereocenters. The number of nitrogens with one attached hydrogen (secondary N) is 2. The zero-order chi connectivity index (χ0) is 15.1. The topological polar surface area (TPSA) is 57.3 Å². The fourth-order valence-corrected chi connectivity index (χ4v) is 2.86. The molecule has 1 aliphatic heterocycles. The molecule has 1 aromatic heterocycles. The van der Waals surface area contributed by atoms with E-state index in [0.717, 1.165) is 18.7 Å². The van der Waals surface area contributed by atoms with Gasteiger partial charge in [0, 0.05) is 32.4 Å². The molecule has 2 heterocycles. The van der Waals surface area contributed by atoms with E-state index < -0.39 is 0 Å². The third kappa shape index (κ3) is 4.43. The summed E-state index contributed by atoms with van der Waals surface area (Å²) in [6.45, 7) is 5.28. The summed E-state index contributed by atoms with van der Waals surface area (Å²) in [6.07, 6.45) is 8.27. The van der Waals surface area contributed by atoms with Crippen molar-refractivity contribution in [1.82, 2.24) is 15.2 Å². The quantitative estimate of drug-likeness (QED) is 0.788. The molecule has 0 radical (unpaired) electrons. The van der Waals surface area contributed by atoms with Gasteiger partial charge in [0.15, 0.2) is 0 Å². The Balaban J connectivity index is 1.74. The first-order chi connectivity index (χ1) is 10.2. The third-order valence-electron chi connectivity index (χ3n) is 4.18. The average Bonchev–Trinajstić information content (AvgIpc) is 2.52. The summed E-state index contributed by atoms with van der Waals surface area (Å²) in [6, 6.07) is 2.43. The summed E-state index contributed by atoms with van der Waals surface area (Å²) in [5.41, 5.74) is 1.42.